The van der Waals surface area contributed by atoms with Gasteiger partial charge in [0.05, 0.1) is 12.2 Å². The molecule has 0 spiro atoms. The summed E-state index contributed by atoms with van der Waals surface area (Å²) >= 11 is 0. The molecule has 4 fully saturated rings. The second-order valence-corrected chi connectivity index (χ2v) is 7.52. The fourth-order valence-electron chi connectivity index (χ4n) is 5.54. The number of ether oxygens (including phenoxy) is 1. The molecule has 2 heteroatoms. The summed E-state index contributed by atoms with van der Waals surface area (Å²) in [5.41, 5.74) is 0.368. The Morgan fingerprint density at radius 1 is 1.26 bits per heavy atom. The number of esters is 1. The van der Waals surface area contributed by atoms with E-state index in [2.05, 4.69) is 13.5 Å². The van der Waals surface area contributed by atoms with Crippen LogP contribution in [0.5, 0.6) is 0 Å². The van der Waals surface area contributed by atoms with Gasteiger partial charge in [0.2, 0.25) is 0 Å². The third-order valence-electron chi connectivity index (χ3n) is 6.35. The molecular formula is C17H26O2. The summed E-state index contributed by atoms with van der Waals surface area (Å²) in [7, 11) is 0. The molecule has 4 aliphatic carbocycles. The standard InChI is InChI=1S/C17H26O2/c1-4-19-16(18)11(2)10-17(3)14-6-12-5-13(8-14)9-15(17)7-12/h4,11-15H,1,5-10H2,2-3H3. The molecule has 106 valence electrons. The Morgan fingerprint density at radius 3 is 2.26 bits per heavy atom. The van der Waals surface area contributed by atoms with E-state index in [1.807, 2.05) is 6.92 Å². The van der Waals surface area contributed by atoms with E-state index in [4.69, 9.17) is 4.74 Å². The van der Waals surface area contributed by atoms with E-state index in [1.54, 1.807) is 0 Å². The maximum Gasteiger partial charge on any atom is 0.313 e. The third-order valence-corrected chi connectivity index (χ3v) is 6.35. The first kappa shape index (κ1) is 13.2. The molecule has 4 rings (SSSR count). The molecule has 4 bridgehead atoms. The number of hydrogen-bond donors (Lipinski definition) is 0. The third kappa shape index (κ3) is 2.13. The first-order valence-electron chi connectivity index (χ1n) is 7.84. The zero-order valence-electron chi connectivity index (χ0n) is 12.2. The van der Waals surface area contributed by atoms with Gasteiger partial charge in [0.1, 0.15) is 0 Å². The van der Waals surface area contributed by atoms with E-state index in [-0.39, 0.29) is 11.9 Å². The van der Waals surface area contributed by atoms with Crippen LogP contribution in [0.1, 0.15) is 52.4 Å². The van der Waals surface area contributed by atoms with Crippen molar-refractivity contribution in [3.63, 3.8) is 0 Å². The quantitative estimate of drug-likeness (QED) is 0.561. The molecule has 4 aliphatic rings. The molecule has 4 saturated carbocycles. The zero-order chi connectivity index (χ0) is 13.6. The van der Waals surface area contributed by atoms with Gasteiger partial charge in [-0.05, 0) is 67.6 Å². The Bertz CT molecular complexity index is 357. The molecule has 0 saturated heterocycles. The van der Waals surface area contributed by atoms with Crippen molar-refractivity contribution >= 4 is 5.97 Å². The second-order valence-electron chi connectivity index (χ2n) is 7.52. The van der Waals surface area contributed by atoms with Gasteiger partial charge >= 0.3 is 5.97 Å². The van der Waals surface area contributed by atoms with Gasteiger partial charge in [-0.25, -0.2) is 0 Å². The minimum Gasteiger partial charge on any atom is -0.435 e. The van der Waals surface area contributed by atoms with E-state index in [0.29, 0.717) is 5.41 Å². The number of hydrogen-bond acceptors (Lipinski definition) is 2. The largest absolute Gasteiger partial charge is 0.435 e. The molecule has 0 heterocycles. The van der Waals surface area contributed by atoms with Crippen LogP contribution in [0.3, 0.4) is 0 Å². The highest BCUT2D eigenvalue weighted by molar-refractivity contribution is 5.72. The predicted molar refractivity (Wildman–Crippen MR) is 75.2 cm³/mol. The van der Waals surface area contributed by atoms with E-state index in [9.17, 15) is 4.79 Å². The predicted octanol–water partition coefficient (Wildman–Crippen LogP) is 4.16. The lowest BCUT2D eigenvalue weighted by Crippen LogP contribution is -2.52. The second kappa shape index (κ2) is 4.64. The molecule has 0 aliphatic heterocycles. The molecule has 0 aromatic rings. The molecule has 1 unspecified atom stereocenters. The topological polar surface area (TPSA) is 26.3 Å². The Balaban J connectivity index is 1.72. The maximum absolute atomic E-state index is 11.9. The van der Waals surface area contributed by atoms with Crippen molar-refractivity contribution in [3.8, 4) is 0 Å². The van der Waals surface area contributed by atoms with Gasteiger partial charge in [-0.15, -0.1) is 0 Å². The van der Waals surface area contributed by atoms with Crippen LogP contribution in [0.2, 0.25) is 0 Å². The molecule has 0 aromatic heterocycles. The van der Waals surface area contributed by atoms with Crippen LogP contribution < -0.4 is 0 Å². The van der Waals surface area contributed by atoms with E-state index in [1.165, 1.54) is 38.4 Å². The van der Waals surface area contributed by atoms with Crippen LogP contribution in [0.15, 0.2) is 12.8 Å². The summed E-state index contributed by atoms with van der Waals surface area (Å²) in [6.45, 7) is 7.94. The highest BCUT2D eigenvalue weighted by Gasteiger charge is 2.55. The molecule has 0 amide bonds. The van der Waals surface area contributed by atoms with Crippen molar-refractivity contribution in [1.82, 2.24) is 0 Å². The van der Waals surface area contributed by atoms with E-state index in [0.717, 1.165) is 30.1 Å². The average molecular weight is 262 g/mol. The van der Waals surface area contributed by atoms with Crippen LogP contribution in [-0.2, 0) is 9.53 Å². The highest BCUT2D eigenvalue weighted by Crippen LogP contribution is 2.63. The summed E-state index contributed by atoms with van der Waals surface area (Å²) in [4.78, 5) is 11.9. The molecule has 19 heavy (non-hydrogen) atoms. The summed E-state index contributed by atoms with van der Waals surface area (Å²) < 4.78 is 4.97. The zero-order valence-corrected chi connectivity index (χ0v) is 12.2. The maximum atomic E-state index is 11.9. The van der Waals surface area contributed by atoms with Crippen LogP contribution >= 0.6 is 0 Å². The van der Waals surface area contributed by atoms with Gasteiger partial charge in [0.15, 0.2) is 0 Å². The lowest BCUT2D eigenvalue weighted by atomic mass is 9.44. The summed E-state index contributed by atoms with van der Waals surface area (Å²) in [5.74, 6) is 3.58. The van der Waals surface area contributed by atoms with E-state index >= 15 is 0 Å². The van der Waals surface area contributed by atoms with Crippen molar-refractivity contribution < 1.29 is 9.53 Å². The van der Waals surface area contributed by atoms with Crippen molar-refractivity contribution in [2.75, 3.05) is 0 Å². The minimum atomic E-state index is -0.106. The van der Waals surface area contributed by atoms with Crippen LogP contribution in [0.4, 0.5) is 0 Å². The molecule has 0 radical (unpaired) electrons. The molecule has 2 nitrogen and oxygen atoms in total. The van der Waals surface area contributed by atoms with E-state index < -0.39 is 0 Å². The van der Waals surface area contributed by atoms with Crippen molar-refractivity contribution in [2.45, 2.75) is 52.4 Å². The fourth-order valence-corrected chi connectivity index (χ4v) is 5.54. The molecule has 0 N–H and O–H groups in total. The number of carbonyl (C=O) groups is 1. The summed E-state index contributed by atoms with van der Waals surface area (Å²) in [5, 5.41) is 0. The van der Waals surface area contributed by atoms with Crippen molar-refractivity contribution in [1.29, 1.82) is 0 Å². The monoisotopic (exact) mass is 262 g/mol. The van der Waals surface area contributed by atoms with Crippen LogP contribution in [0.25, 0.3) is 0 Å². The average Bonchev–Trinajstić information content (AvgIpc) is 2.35. The Morgan fingerprint density at radius 2 is 1.79 bits per heavy atom. The summed E-state index contributed by atoms with van der Waals surface area (Å²) in [6, 6.07) is 0. The van der Waals surface area contributed by atoms with Gasteiger partial charge < -0.3 is 4.74 Å². The number of carbonyl (C=O) groups excluding carboxylic acids is 1. The first-order valence-corrected chi connectivity index (χ1v) is 7.84. The smallest absolute Gasteiger partial charge is 0.313 e. The van der Waals surface area contributed by atoms with Crippen LogP contribution in [0, 0.1) is 35.0 Å². The van der Waals surface area contributed by atoms with Crippen LogP contribution in [-0.4, -0.2) is 5.97 Å². The lowest BCUT2D eigenvalue weighted by molar-refractivity contribution is -0.148. The molecule has 1 atom stereocenters. The van der Waals surface area contributed by atoms with Gasteiger partial charge in [-0.2, -0.15) is 0 Å². The molecule has 0 aromatic carbocycles. The lowest BCUT2D eigenvalue weighted by Gasteiger charge is -2.61. The Kier molecular flexibility index (Phi) is 3.23. The van der Waals surface area contributed by atoms with Gasteiger partial charge in [-0.3, -0.25) is 4.79 Å². The first-order chi connectivity index (χ1) is 9.03. The van der Waals surface area contributed by atoms with Crippen molar-refractivity contribution in [2.24, 2.45) is 35.0 Å². The van der Waals surface area contributed by atoms with Gasteiger partial charge in [-0.1, -0.05) is 20.4 Å². The van der Waals surface area contributed by atoms with Gasteiger partial charge in [0, 0.05) is 0 Å². The SMILES string of the molecule is C=COC(=O)C(C)CC1(C)C2CC3CC(C2)CC1C3. The molecular weight excluding hydrogens is 236 g/mol. The normalized spacial score (nSPS) is 44.9. The Labute approximate surface area is 116 Å². The number of rotatable bonds is 4. The Hall–Kier alpha value is -0.790. The van der Waals surface area contributed by atoms with Gasteiger partial charge in [0.25, 0.3) is 0 Å². The fraction of sp³-hybridized carbons (Fsp3) is 0.824. The highest BCUT2D eigenvalue weighted by atomic mass is 16.5. The minimum absolute atomic E-state index is 0.000488. The van der Waals surface area contributed by atoms with Crippen molar-refractivity contribution in [3.05, 3.63) is 12.8 Å². The summed E-state index contributed by atoms with van der Waals surface area (Å²) in [6.07, 6.45) is 9.38.